The smallest absolute Gasteiger partial charge is 0.160 e. The minimum absolute atomic E-state index is 0.443. The molecule has 0 saturated carbocycles. The maximum Gasteiger partial charge on any atom is 0.160 e. The van der Waals surface area contributed by atoms with Crippen LogP contribution in [-0.4, -0.2) is 9.97 Å². The van der Waals surface area contributed by atoms with Crippen molar-refractivity contribution < 1.29 is 0 Å². The van der Waals surface area contributed by atoms with Crippen LogP contribution in [0.2, 0.25) is 0 Å². The summed E-state index contributed by atoms with van der Waals surface area (Å²) in [6.07, 6.45) is 0. The number of aryl methyl sites for hydroxylation is 1. The summed E-state index contributed by atoms with van der Waals surface area (Å²) >= 11 is 1.87. The van der Waals surface area contributed by atoms with Crippen molar-refractivity contribution in [3.8, 4) is 67.3 Å². The zero-order valence-corrected chi connectivity index (χ0v) is 32.0. The van der Waals surface area contributed by atoms with Crippen molar-refractivity contribution in [2.75, 3.05) is 0 Å². The first-order valence-electron chi connectivity index (χ1n) is 19.3. The molecule has 1 unspecified atom stereocenters. The number of rotatable bonds is 5. The number of nitrogens with zero attached hydrogens (tertiary/aromatic N) is 2. The van der Waals surface area contributed by atoms with Gasteiger partial charge in [0, 0.05) is 32.0 Å². The lowest BCUT2D eigenvalue weighted by molar-refractivity contribution is 0.723. The molecule has 0 amide bonds. The van der Waals surface area contributed by atoms with Gasteiger partial charge in [-0.15, -0.1) is 0 Å². The van der Waals surface area contributed by atoms with E-state index in [-0.39, 0.29) is 0 Å². The molecule has 0 N–H and O–H groups in total. The van der Waals surface area contributed by atoms with Gasteiger partial charge in [0.25, 0.3) is 0 Å². The van der Waals surface area contributed by atoms with Gasteiger partial charge in [-0.2, -0.15) is 0 Å². The predicted octanol–water partition coefficient (Wildman–Crippen LogP) is 13.5. The van der Waals surface area contributed by atoms with Gasteiger partial charge in [0.15, 0.2) is 5.82 Å². The maximum atomic E-state index is 5.10. The Morgan fingerprint density at radius 2 is 1.09 bits per heavy atom. The van der Waals surface area contributed by atoms with Crippen molar-refractivity contribution in [3.05, 3.63) is 228 Å². The molecule has 2 aliphatic rings. The third-order valence-corrected chi connectivity index (χ3v) is 12.7. The summed E-state index contributed by atoms with van der Waals surface area (Å²) in [6.45, 7) is 2.22. The van der Waals surface area contributed by atoms with Crippen molar-refractivity contribution in [2.45, 2.75) is 22.1 Å². The van der Waals surface area contributed by atoms with E-state index in [1.807, 2.05) is 42.1 Å². The molecule has 8 aromatic carbocycles. The number of benzene rings is 7. The molecule has 1 spiro atoms. The van der Waals surface area contributed by atoms with Gasteiger partial charge in [-0.3, -0.25) is 0 Å². The van der Waals surface area contributed by atoms with Crippen LogP contribution in [0.3, 0.4) is 0 Å². The maximum absolute atomic E-state index is 5.10. The Balaban J connectivity index is 1.00. The third kappa shape index (κ3) is 5.37. The molecule has 1 aliphatic heterocycles. The van der Waals surface area contributed by atoms with Gasteiger partial charge in [-0.05, 0) is 105 Å². The Labute approximate surface area is 337 Å². The van der Waals surface area contributed by atoms with E-state index in [0.717, 1.165) is 39.2 Å². The van der Waals surface area contributed by atoms with Crippen LogP contribution in [0.25, 0.3) is 67.3 Å². The molecule has 0 bridgehead atoms. The summed E-state index contributed by atoms with van der Waals surface area (Å²) in [4.78, 5) is 12.7. The average Bonchev–Trinajstić information content (AvgIpc) is 3.57. The molecule has 0 fully saturated rings. The highest BCUT2D eigenvalue weighted by atomic mass is 32.2. The highest BCUT2D eigenvalue weighted by Crippen LogP contribution is 2.62. The van der Waals surface area contributed by atoms with Gasteiger partial charge >= 0.3 is 0 Å². The highest BCUT2D eigenvalue weighted by molar-refractivity contribution is 7.99. The fraction of sp³-hybridized carbons (Fsp3) is 0.0370. The van der Waals surface area contributed by atoms with Crippen molar-refractivity contribution in [1.29, 1.82) is 0 Å². The highest BCUT2D eigenvalue weighted by Gasteiger charge is 2.50. The lowest BCUT2D eigenvalue weighted by Gasteiger charge is -2.39. The van der Waals surface area contributed by atoms with Crippen molar-refractivity contribution >= 4 is 11.8 Å². The molecule has 1 aliphatic carbocycles. The van der Waals surface area contributed by atoms with E-state index in [9.17, 15) is 0 Å². The first-order chi connectivity index (χ1) is 28.1. The lowest BCUT2D eigenvalue weighted by Crippen LogP contribution is -2.32. The monoisotopic (exact) mass is 742 g/mol. The van der Waals surface area contributed by atoms with Crippen molar-refractivity contribution in [1.82, 2.24) is 9.97 Å². The first kappa shape index (κ1) is 33.4. The zero-order valence-electron chi connectivity index (χ0n) is 31.2. The van der Waals surface area contributed by atoms with Gasteiger partial charge in [-0.1, -0.05) is 169 Å². The Bertz CT molecular complexity index is 2900. The van der Waals surface area contributed by atoms with E-state index in [1.165, 1.54) is 59.9 Å². The number of hydrogen-bond acceptors (Lipinski definition) is 3. The number of aromatic nitrogens is 2. The van der Waals surface area contributed by atoms with E-state index >= 15 is 0 Å². The fourth-order valence-corrected chi connectivity index (χ4v) is 10.1. The van der Waals surface area contributed by atoms with Crippen LogP contribution in [0.5, 0.6) is 0 Å². The molecule has 0 radical (unpaired) electrons. The lowest BCUT2D eigenvalue weighted by atomic mass is 9.67. The van der Waals surface area contributed by atoms with Gasteiger partial charge in [0.05, 0.1) is 16.8 Å². The Kier molecular flexibility index (Phi) is 7.81. The fourth-order valence-electron chi connectivity index (χ4n) is 8.97. The second kappa shape index (κ2) is 13.3. The number of fused-ring (bicyclic) bond motifs is 9. The minimum atomic E-state index is -0.443. The molecule has 9 aromatic rings. The Morgan fingerprint density at radius 3 is 1.91 bits per heavy atom. The average molecular weight is 743 g/mol. The molecule has 1 aromatic heterocycles. The topological polar surface area (TPSA) is 25.8 Å². The normalized spacial score (nSPS) is 12.9. The largest absolute Gasteiger partial charge is 0.228 e. The summed E-state index contributed by atoms with van der Waals surface area (Å²) in [6, 6.07) is 74.2. The zero-order chi connectivity index (χ0) is 37.9. The predicted molar refractivity (Wildman–Crippen MR) is 233 cm³/mol. The minimum Gasteiger partial charge on any atom is -0.228 e. The van der Waals surface area contributed by atoms with Crippen molar-refractivity contribution in [3.63, 3.8) is 0 Å². The van der Waals surface area contributed by atoms with Gasteiger partial charge in [0.1, 0.15) is 0 Å². The molecular weight excluding hydrogens is 709 g/mol. The van der Waals surface area contributed by atoms with Crippen LogP contribution in [0.4, 0.5) is 0 Å². The molecular formula is C54H34N2S. The van der Waals surface area contributed by atoms with Crippen molar-refractivity contribution in [2.24, 2.45) is 0 Å². The summed E-state index contributed by atoms with van der Waals surface area (Å²) in [5.74, 6) is 0.715. The Morgan fingerprint density at radius 1 is 0.439 bits per heavy atom. The van der Waals surface area contributed by atoms with Crippen LogP contribution < -0.4 is 0 Å². The number of hydrogen-bond donors (Lipinski definition) is 0. The third-order valence-electron chi connectivity index (χ3n) is 11.6. The molecule has 3 heteroatoms. The standard InChI is InChI=1S/C54H34N2S/c1-35-31-38(27-29-42(35)40-19-14-20-41(32-40)50-34-49(36-15-4-2-5-16-36)55-53(56-50)37-17-6-3-7-18-37)39-28-30-52-48(33-39)54(47-25-12-13-26-51(47)57-52)45-23-10-8-21-43(45)44-22-9-11-24-46(44)54/h2-8,10-21,23-34H,1H3. The summed E-state index contributed by atoms with van der Waals surface area (Å²) in [5.41, 5.74) is 18.0. The van der Waals surface area contributed by atoms with Gasteiger partial charge < -0.3 is 0 Å². The van der Waals surface area contributed by atoms with Crippen LogP contribution in [0, 0.1) is 19.1 Å². The summed E-state index contributed by atoms with van der Waals surface area (Å²) in [7, 11) is 0. The van der Waals surface area contributed by atoms with E-state index in [1.54, 1.807) is 0 Å². The van der Waals surface area contributed by atoms with E-state index in [4.69, 9.17) is 9.97 Å². The second-order valence-electron chi connectivity index (χ2n) is 14.8. The summed E-state index contributed by atoms with van der Waals surface area (Å²) < 4.78 is 0. The first-order valence-corrected chi connectivity index (χ1v) is 20.1. The Hall–Kier alpha value is -6.99. The molecule has 57 heavy (non-hydrogen) atoms. The van der Waals surface area contributed by atoms with E-state index in [2.05, 4.69) is 177 Å². The van der Waals surface area contributed by atoms with Crippen LogP contribution in [0.15, 0.2) is 198 Å². The van der Waals surface area contributed by atoms with Gasteiger partial charge in [0.2, 0.25) is 0 Å². The molecule has 266 valence electrons. The molecule has 11 rings (SSSR count). The second-order valence-corrected chi connectivity index (χ2v) is 15.9. The van der Waals surface area contributed by atoms with E-state index < -0.39 is 5.41 Å². The molecule has 2 nitrogen and oxygen atoms in total. The van der Waals surface area contributed by atoms with Crippen LogP contribution in [0.1, 0.15) is 27.8 Å². The van der Waals surface area contributed by atoms with E-state index in [0.29, 0.717) is 5.82 Å². The molecule has 0 saturated heterocycles. The quantitative estimate of drug-likeness (QED) is 0.176. The SMILES string of the molecule is Cc1cc(-c2ccc3c(c2)C2(c4ccc#cc4-c4ccccc42)c2ccccc2S3)ccc1-c1cccc(-c2cc(-c3ccccc3)nc(-c3ccccc3)n2)c1. The van der Waals surface area contributed by atoms with Gasteiger partial charge in [-0.25, -0.2) is 9.97 Å². The van der Waals surface area contributed by atoms with Crippen LogP contribution in [-0.2, 0) is 5.41 Å². The molecule has 2 heterocycles. The summed E-state index contributed by atoms with van der Waals surface area (Å²) in [5, 5.41) is 0. The molecule has 1 atom stereocenters. The van der Waals surface area contributed by atoms with Crippen LogP contribution >= 0.6 is 11.8 Å².